The molecule has 0 amide bonds. The summed E-state index contributed by atoms with van der Waals surface area (Å²) < 4.78 is 0. The Morgan fingerprint density at radius 2 is 2.05 bits per heavy atom. The average Bonchev–Trinajstić information content (AvgIpc) is 2.64. The minimum absolute atomic E-state index is 0.552. The van der Waals surface area contributed by atoms with Crippen molar-refractivity contribution in [1.29, 1.82) is 0 Å². The zero-order valence-electron chi connectivity index (χ0n) is 11.8. The lowest BCUT2D eigenvalue weighted by atomic mass is 9.89. The van der Waals surface area contributed by atoms with Gasteiger partial charge in [0.15, 0.2) is 0 Å². The Hall–Kier alpha value is -0.400. The second-order valence-electron chi connectivity index (χ2n) is 5.83. The standard InChI is InChI=1S/C16H23Cl2N/c1-12(2)13-4-3-8-19(9-7-13)16-10-15(18)6-5-14(16)11-17/h5-6,10,12-13H,3-4,7-9,11H2,1-2H3. The summed E-state index contributed by atoms with van der Waals surface area (Å²) in [6, 6.07) is 6.04. The van der Waals surface area contributed by atoms with Crippen molar-refractivity contribution in [2.75, 3.05) is 18.0 Å². The Bertz CT molecular complexity index is 417. The van der Waals surface area contributed by atoms with Gasteiger partial charge in [0.05, 0.1) is 0 Å². The van der Waals surface area contributed by atoms with Crippen LogP contribution < -0.4 is 4.90 Å². The number of nitrogens with zero attached hydrogens (tertiary/aromatic N) is 1. The second-order valence-corrected chi connectivity index (χ2v) is 6.53. The lowest BCUT2D eigenvalue weighted by Crippen LogP contribution is -2.25. The maximum atomic E-state index is 6.14. The predicted molar refractivity (Wildman–Crippen MR) is 85.4 cm³/mol. The molecule has 1 saturated heterocycles. The number of anilines is 1. The number of rotatable bonds is 3. The van der Waals surface area contributed by atoms with E-state index in [1.165, 1.54) is 30.5 Å². The largest absolute Gasteiger partial charge is 0.371 e. The van der Waals surface area contributed by atoms with Gasteiger partial charge in [-0.05, 0) is 48.8 Å². The molecular formula is C16H23Cl2N. The summed E-state index contributed by atoms with van der Waals surface area (Å²) in [6.45, 7) is 6.91. The number of alkyl halides is 1. The first-order chi connectivity index (χ1) is 9.11. The quantitative estimate of drug-likeness (QED) is 0.681. The van der Waals surface area contributed by atoms with E-state index in [-0.39, 0.29) is 0 Å². The van der Waals surface area contributed by atoms with Crippen molar-refractivity contribution in [3.8, 4) is 0 Å². The van der Waals surface area contributed by atoms with Crippen LogP contribution in [0.4, 0.5) is 5.69 Å². The molecule has 2 rings (SSSR count). The van der Waals surface area contributed by atoms with Crippen LogP contribution in [0.1, 0.15) is 38.7 Å². The van der Waals surface area contributed by atoms with Gasteiger partial charge >= 0.3 is 0 Å². The Morgan fingerprint density at radius 3 is 2.74 bits per heavy atom. The Balaban J connectivity index is 2.16. The summed E-state index contributed by atoms with van der Waals surface area (Å²) in [4.78, 5) is 2.46. The van der Waals surface area contributed by atoms with Crippen molar-refractivity contribution in [3.05, 3.63) is 28.8 Å². The molecule has 0 radical (unpaired) electrons. The molecule has 0 aromatic heterocycles. The highest BCUT2D eigenvalue weighted by Crippen LogP contribution is 2.31. The first-order valence-electron chi connectivity index (χ1n) is 7.21. The van der Waals surface area contributed by atoms with Crippen LogP contribution in [0.5, 0.6) is 0 Å². The lowest BCUT2D eigenvalue weighted by molar-refractivity contribution is 0.351. The molecule has 1 aromatic carbocycles. The number of benzene rings is 1. The van der Waals surface area contributed by atoms with Gasteiger partial charge in [0, 0.05) is 29.7 Å². The van der Waals surface area contributed by atoms with E-state index in [1.807, 2.05) is 6.07 Å². The SMILES string of the molecule is CC(C)C1CCCN(c2cc(Cl)ccc2CCl)CC1. The Morgan fingerprint density at radius 1 is 1.26 bits per heavy atom. The van der Waals surface area contributed by atoms with E-state index in [2.05, 4.69) is 30.9 Å². The van der Waals surface area contributed by atoms with Crippen LogP contribution in [0.2, 0.25) is 5.02 Å². The van der Waals surface area contributed by atoms with Crippen LogP contribution in [0.25, 0.3) is 0 Å². The summed E-state index contributed by atoms with van der Waals surface area (Å²) in [5.41, 5.74) is 2.42. The molecule has 106 valence electrons. The molecular weight excluding hydrogens is 277 g/mol. The molecule has 3 heteroatoms. The third-order valence-electron chi connectivity index (χ3n) is 4.25. The van der Waals surface area contributed by atoms with Crippen LogP contribution in [0, 0.1) is 11.8 Å². The maximum absolute atomic E-state index is 6.14. The highest BCUT2D eigenvalue weighted by Gasteiger charge is 2.20. The van der Waals surface area contributed by atoms with Crippen LogP contribution in [0.15, 0.2) is 18.2 Å². The smallest absolute Gasteiger partial charge is 0.0494 e. The van der Waals surface area contributed by atoms with Crippen LogP contribution in [0.3, 0.4) is 0 Å². The summed E-state index contributed by atoms with van der Waals surface area (Å²) in [5.74, 6) is 2.19. The van der Waals surface area contributed by atoms with Gasteiger partial charge in [0.2, 0.25) is 0 Å². The molecule has 1 atom stereocenters. The minimum Gasteiger partial charge on any atom is -0.371 e. The molecule has 1 unspecified atom stereocenters. The van der Waals surface area contributed by atoms with Gasteiger partial charge in [-0.1, -0.05) is 31.5 Å². The van der Waals surface area contributed by atoms with Crippen molar-refractivity contribution < 1.29 is 0 Å². The fourth-order valence-corrected chi connectivity index (χ4v) is 3.37. The Labute approximate surface area is 126 Å². The van der Waals surface area contributed by atoms with Gasteiger partial charge in [-0.25, -0.2) is 0 Å². The first-order valence-corrected chi connectivity index (χ1v) is 8.12. The third kappa shape index (κ3) is 3.79. The molecule has 1 aliphatic rings. The molecule has 0 saturated carbocycles. The molecule has 1 aromatic rings. The molecule has 0 bridgehead atoms. The van der Waals surface area contributed by atoms with Gasteiger partial charge in [0.25, 0.3) is 0 Å². The highest BCUT2D eigenvalue weighted by atomic mass is 35.5. The molecule has 0 N–H and O–H groups in total. The van der Waals surface area contributed by atoms with Crippen LogP contribution in [-0.4, -0.2) is 13.1 Å². The topological polar surface area (TPSA) is 3.24 Å². The normalized spacial score (nSPS) is 20.7. The molecule has 1 fully saturated rings. The van der Waals surface area contributed by atoms with Crippen LogP contribution in [-0.2, 0) is 5.88 Å². The van der Waals surface area contributed by atoms with Gasteiger partial charge < -0.3 is 4.90 Å². The monoisotopic (exact) mass is 299 g/mol. The number of halogens is 2. The van der Waals surface area contributed by atoms with Gasteiger partial charge in [-0.2, -0.15) is 0 Å². The molecule has 19 heavy (non-hydrogen) atoms. The van der Waals surface area contributed by atoms with Gasteiger partial charge in [0.1, 0.15) is 0 Å². The zero-order chi connectivity index (χ0) is 13.8. The third-order valence-corrected chi connectivity index (χ3v) is 4.77. The van der Waals surface area contributed by atoms with Gasteiger partial charge in [-0.3, -0.25) is 0 Å². The van der Waals surface area contributed by atoms with Crippen molar-refractivity contribution in [1.82, 2.24) is 0 Å². The van der Waals surface area contributed by atoms with E-state index in [9.17, 15) is 0 Å². The summed E-state index contributed by atoms with van der Waals surface area (Å²) in [6.07, 6.45) is 3.87. The Kier molecular flexibility index (Phi) is 5.41. The van der Waals surface area contributed by atoms with E-state index in [0.29, 0.717) is 5.88 Å². The first kappa shape index (κ1) is 15.0. The number of hydrogen-bond acceptors (Lipinski definition) is 1. The van der Waals surface area contributed by atoms with Crippen molar-refractivity contribution in [3.63, 3.8) is 0 Å². The summed E-state index contributed by atoms with van der Waals surface area (Å²) in [7, 11) is 0. The molecule has 0 spiro atoms. The second kappa shape index (κ2) is 6.85. The lowest BCUT2D eigenvalue weighted by Gasteiger charge is -2.26. The summed E-state index contributed by atoms with van der Waals surface area (Å²) >= 11 is 12.2. The van der Waals surface area contributed by atoms with Gasteiger partial charge in [-0.15, -0.1) is 11.6 Å². The highest BCUT2D eigenvalue weighted by molar-refractivity contribution is 6.31. The maximum Gasteiger partial charge on any atom is 0.0494 e. The van der Waals surface area contributed by atoms with Crippen molar-refractivity contribution in [2.24, 2.45) is 11.8 Å². The fraction of sp³-hybridized carbons (Fsp3) is 0.625. The van der Waals surface area contributed by atoms with Crippen molar-refractivity contribution in [2.45, 2.75) is 39.0 Å². The van der Waals surface area contributed by atoms with E-state index in [1.54, 1.807) is 0 Å². The van der Waals surface area contributed by atoms with E-state index < -0.39 is 0 Å². The number of hydrogen-bond donors (Lipinski definition) is 0. The average molecular weight is 300 g/mol. The van der Waals surface area contributed by atoms with E-state index in [0.717, 1.165) is 29.9 Å². The molecule has 1 heterocycles. The molecule has 1 aliphatic heterocycles. The fourth-order valence-electron chi connectivity index (χ4n) is 2.97. The predicted octanol–water partition coefficient (Wildman–Crippen LogP) is 5.34. The summed E-state index contributed by atoms with van der Waals surface area (Å²) in [5, 5.41) is 0.800. The van der Waals surface area contributed by atoms with E-state index >= 15 is 0 Å². The zero-order valence-corrected chi connectivity index (χ0v) is 13.3. The minimum atomic E-state index is 0.552. The van der Waals surface area contributed by atoms with E-state index in [4.69, 9.17) is 23.2 Å². The van der Waals surface area contributed by atoms with Crippen LogP contribution >= 0.6 is 23.2 Å². The van der Waals surface area contributed by atoms with Crippen molar-refractivity contribution >= 4 is 28.9 Å². The molecule has 1 nitrogen and oxygen atoms in total. The molecule has 0 aliphatic carbocycles.